The van der Waals surface area contributed by atoms with Gasteiger partial charge in [0.1, 0.15) is 17.2 Å². The molecule has 5 rings (SSSR count). The fourth-order valence-corrected chi connectivity index (χ4v) is 4.56. The molecule has 0 saturated heterocycles. The molecule has 1 saturated carbocycles. The summed E-state index contributed by atoms with van der Waals surface area (Å²) in [6.45, 7) is 0. The highest BCUT2D eigenvalue weighted by Crippen LogP contribution is 2.34. The Hall–Kier alpha value is -3.69. The maximum atomic E-state index is 13.9. The van der Waals surface area contributed by atoms with Crippen LogP contribution in [-0.4, -0.2) is 32.9 Å². The summed E-state index contributed by atoms with van der Waals surface area (Å²) in [7, 11) is 0. The minimum Gasteiger partial charge on any atom is -0.382 e. The number of halogens is 4. The summed E-state index contributed by atoms with van der Waals surface area (Å²) in [5.41, 5.74) is 0.326. The Balaban J connectivity index is 1.36. The number of fused-ring (bicyclic) bond motifs is 2. The molecule has 0 radical (unpaired) electrons. The van der Waals surface area contributed by atoms with Gasteiger partial charge in [0.25, 0.3) is 5.91 Å². The number of H-pyrrole nitrogens is 1. The van der Waals surface area contributed by atoms with Crippen molar-refractivity contribution in [3.63, 3.8) is 0 Å². The van der Waals surface area contributed by atoms with Crippen molar-refractivity contribution >= 4 is 33.5 Å². The van der Waals surface area contributed by atoms with Crippen LogP contribution in [0.1, 0.15) is 41.7 Å². The molecule has 0 unspecified atom stereocenters. The molecule has 1 amide bonds. The van der Waals surface area contributed by atoms with E-state index in [4.69, 9.17) is 0 Å². The summed E-state index contributed by atoms with van der Waals surface area (Å²) in [5, 5.41) is 7.20. The monoisotopic (exact) mass is 471 g/mol. The lowest BCUT2D eigenvalue weighted by Crippen LogP contribution is -2.41. The van der Waals surface area contributed by atoms with Gasteiger partial charge in [-0.2, -0.15) is 13.2 Å². The third kappa shape index (κ3) is 4.40. The quantitative estimate of drug-likeness (QED) is 0.347. The lowest BCUT2D eigenvalue weighted by Gasteiger charge is -2.31. The Morgan fingerprint density at radius 3 is 2.71 bits per heavy atom. The Bertz CT molecular complexity index is 1370. The van der Waals surface area contributed by atoms with Gasteiger partial charge >= 0.3 is 6.18 Å². The smallest absolute Gasteiger partial charge is 0.382 e. The number of nitrogens with zero attached hydrogens (tertiary/aromatic N) is 2. The van der Waals surface area contributed by atoms with Gasteiger partial charge < -0.3 is 15.6 Å². The maximum Gasteiger partial charge on any atom is 0.433 e. The van der Waals surface area contributed by atoms with Gasteiger partial charge in [-0.3, -0.25) is 4.79 Å². The minimum atomic E-state index is -4.63. The van der Waals surface area contributed by atoms with E-state index in [1.165, 1.54) is 12.1 Å². The summed E-state index contributed by atoms with van der Waals surface area (Å²) >= 11 is 0. The zero-order chi connectivity index (χ0) is 23.9. The van der Waals surface area contributed by atoms with E-state index in [1.54, 1.807) is 24.5 Å². The summed E-state index contributed by atoms with van der Waals surface area (Å²) in [6, 6.07) is 7.51. The normalized spacial score (nSPS) is 18.8. The number of carbonyl (C=O) groups excluding carboxylic acids is 1. The van der Waals surface area contributed by atoms with Crippen molar-refractivity contribution in [3.8, 4) is 0 Å². The highest BCUT2D eigenvalue weighted by Gasteiger charge is 2.34. The van der Waals surface area contributed by atoms with Crippen molar-refractivity contribution in [2.75, 3.05) is 5.32 Å². The number of aromatic amines is 1. The molecule has 0 aliphatic heterocycles. The van der Waals surface area contributed by atoms with E-state index < -0.39 is 17.7 Å². The van der Waals surface area contributed by atoms with Crippen molar-refractivity contribution < 1.29 is 22.4 Å². The summed E-state index contributed by atoms with van der Waals surface area (Å²) in [4.78, 5) is 23.7. The van der Waals surface area contributed by atoms with Gasteiger partial charge in [0.2, 0.25) is 0 Å². The molecule has 0 spiro atoms. The molecule has 6 nitrogen and oxygen atoms in total. The van der Waals surface area contributed by atoms with Crippen LogP contribution in [0.2, 0.25) is 0 Å². The number of pyridine rings is 2. The highest BCUT2D eigenvalue weighted by atomic mass is 19.4. The van der Waals surface area contributed by atoms with Crippen LogP contribution in [0.3, 0.4) is 0 Å². The van der Waals surface area contributed by atoms with Gasteiger partial charge in [0, 0.05) is 40.9 Å². The first kappa shape index (κ1) is 22.1. The second-order valence-electron chi connectivity index (χ2n) is 8.49. The number of alkyl halides is 3. The molecule has 1 aromatic carbocycles. The van der Waals surface area contributed by atoms with Crippen molar-refractivity contribution in [2.45, 2.75) is 43.9 Å². The van der Waals surface area contributed by atoms with Crippen LogP contribution >= 0.6 is 0 Å². The van der Waals surface area contributed by atoms with Gasteiger partial charge in [-0.25, -0.2) is 14.4 Å². The molecular formula is C24H21F4N5O. The van der Waals surface area contributed by atoms with Crippen LogP contribution in [0.15, 0.2) is 48.8 Å². The van der Waals surface area contributed by atoms with Crippen LogP contribution < -0.4 is 10.6 Å². The Labute approximate surface area is 191 Å². The maximum absolute atomic E-state index is 13.9. The van der Waals surface area contributed by atoms with E-state index in [9.17, 15) is 22.4 Å². The molecule has 10 heteroatoms. The SMILES string of the molecule is O=C(N[C@@H]1CCC[C@H](Nc2cc(C(F)(F)F)nc3ccc(F)cc23)C1)c1ccnc2[nH]ccc12. The Morgan fingerprint density at radius 2 is 1.88 bits per heavy atom. The molecule has 3 N–H and O–H groups in total. The van der Waals surface area contributed by atoms with Crippen LogP contribution in [0.25, 0.3) is 21.9 Å². The van der Waals surface area contributed by atoms with Gasteiger partial charge in [-0.1, -0.05) is 0 Å². The highest BCUT2D eigenvalue weighted by molar-refractivity contribution is 6.05. The third-order valence-electron chi connectivity index (χ3n) is 6.14. The first-order valence-corrected chi connectivity index (χ1v) is 10.9. The zero-order valence-corrected chi connectivity index (χ0v) is 17.9. The molecule has 2 atom stereocenters. The largest absolute Gasteiger partial charge is 0.433 e. The average Bonchev–Trinajstić information content (AvgIpc) is 3.28. The first-order chi connectivity index (χ1) is 16.3. The predicted octanol–water partition coefficient (Wildman–Crippen LogP) is 5.42. The van der Waals surface area contributed by atoms with Crippen LogP contribution in [-0.2, 0) is 6.18 Å². The van der Waals surface area contributed by atoms with Gasteiger partial charge in [0.05, 0.1) is 11.1 Å². The number of amides is 1. The molecule has 3 aromatic heterocycles. The van der Waals surface area contributed by atoms with E-state index >= 15 is 0 Å². The van der Waals surface area contributed by atoms with Crippen molar-refractivity contribution in [1.29, 1.82) is 0 Å². The third-order valence-corrected chi connectivity index (χ3v) is 6.14. The van der Waals surface area contributed by atoms with E-state index in [2.05, 4.69) is 25.6 Å². The van der Waals surface area contributed by atoms with E-state index in [0.29, 0.717) is 24.1 Å². The molecule has 176 valence electrons. The van der Waals surface area contributed by atoms with Crippen molar-refractivity contribution in [1.82, 2.24) is 20.3 Å². The second-order valence-corrected chi connectivity index (χ2v) is 8.49. The number of carbonyl (C=O) groups is 1. The molecule has 1 aliphatic carbocycles. The fourth-order valence-electron chi connectivity index (χ4n) is 4.56. The zero-order valence-electron chi connectivity index (χ0n) is 17.9. The standard InChI is InChI=1S/C24H21F4N5O/c25-13-4-5-19-18(10-13)20(12-21(33-19)24(26,27)28)31-14-2-1-3-15(11-14)32-23(34)17-7-9-30-22-16(17)6-8-29-22/h4-10,12,14-15H,1-3,11H2,(H,29,30)(H,31,33)(H,32,34)/t14-,15+/m0/s1. The molecule has 0 bridgehead atoms. The predicted molar refractivity (Wildman–Crippen MR) is 120 cm³/mol. The number of anilines is 1. The Kier molecular flexibility index (Phi) is 5.59. The molecule has 3 heterocycles. The molecule has 34 heavy (non-hydrogen) atoms. The van der Waals surface area contributed by atoms with Gasteiger partial charge in [-0.05, 0) is 62.1 Å². The van der Waals surface area contributed by atoms with Crippen LogP contribution in [0, 0.1) is 5.82 Å². The van der Waals surface area contributed by atoms with E-state index in [1.807, 2.05) is 0 Å². The number of aromatic nitrogens is 3. The Morgan fingerprint density at radius 1 is 1.06 bits per heavy atom. The lowest BCUT2D eigenvalue weighted by atomic mass is 9.90. The lowest BCUT2D eigenvalue weighted by molar-refractivity contribution is -0.140. The van der Waals surface area contributed by atoms with E-state index in [-0.39, 0.29) is 34.6 Å². The number of rotatable bonds is 4. The molecule has 1 fully saturated rings. The number of nitrogens with one attached hydrogen (secondary N) is 3. The minimum absolute atomic E-state index is 0.0626. The molecule has 4 aromatic rings. The summed E-state index contributed by atoms with van der Waals surface area (Å²) < 4.78 is 54.0. The van der Waals surface area contributed by atoms with Crippen LogP contribution in [0.4, 0.5) is 23.2 Å². The number of hydrogen-bond acceptors (Lipinski definition) is 4. The van der Waals surface area contributed by atoms with Crippen molar-refractivity contribution in [2.24, 2.45) is 0 Å². The topological polar surface area (TPSA) is 82.7 Å². The second kappa shape index (κ2) is 8.58. The van der Waals surface area contributed by atoms with Crippen LogP contribution in [0.5, 0.6) is 0 Å². The molecule has 1 aliphatic rings. The van der Waals surface area contributed by atoms with E-state index in [0.717, 1.165) is 30.4 Å². The summed E-state index contributed by atoms with van der Waals surface area (Å²) in [6.07, 6.45) is 1.41. The number of benzene rings is 1. The first-order valence-electron chi connectivity index (χ1n) is 10.9. The van der Waals surface area contributed by atoms with Crippen molar-refractivity contribution in [3.05, 3.63) is 65.9 Å². The fraction of sp³-hybridized carbons (Fsp3) is 0.292. The van der Waals surface area contributed by atoms with Gasteiger partial charge in [-0.15, -0.1) is 0 Å². The van der Waals surface area contributed by atoms with Gasteiger partial charge in [0.15, 0.2) is 0 Å². The number of hydrogen-bond donors (Lipinski definition) is 3. The summed E-state index contributed by atoms with van der Waals surface area (Å²) in [5.74, 6) is -0.784. The average molecular weight is 471 g/mol. The molecular weight excluding hydrogens is 450 g/mol.